The second-order valence-corrected chi connectivity index (χ2v) is 3.84. The molecule has 1 heterocycles. The van der Waals surface area contributed by atoms with Gasteiger partial charge in [0, 0.05) is 0 Å². The molecule has 1 aromatic carbocycles. The number of benzene rings is 1. The Bertz CT molecular complexity index is 311. The van der Waals surface area contributed by atoms with E-state index < -0.39 is 5.54 Å². The van der Waals surface area contributed by atoms with E-state index in [-0.39, 0.29) is 19.4 Å². The van der Waals surface area contributed by atoms with E-state index in [0.29, 0.717) is 6.61 Å². The van der Waals surface area contributed by atoms with Gasteiger partial charge in [-0.2, -0.15) is 0 Å². The molecule has 1 saturated heterocycles. The molecule has 1 aliphatic rings. The van der Waals surface area contributed by atoms with Crippen molar-refractivity contribution in [1.29, 1.82) is 0 Å². The van der Waals surface area contributed by atoms with Gasteiger partial charge in [-0.15, -0.1) is 0 Å². The molecular weight excluding hydrogens is 194 g/mol. The van der Waals surface area contributed by atoms with Crippen LogP contribution >= 0.6 is 0 Å². The van der Waals surface area contributed by atoms with Gasteiger partial charge in [0.2, 0.25) is 0 Å². The van der Waals surface area contributed by atoms with Gasteiger partial charge >= 0.3 is 0 Å². The fourth-order valence-electron chi connectivity index (χ4n) is 1.64. The van der Waals surface area contributed by atoms with Crippen molar-refractivity contribution in [3.8, 4) is 0 Å². The van der Waals surface area contributed by atoms with Crippen molar-refractivity contribution < 1.29 is 14.9 Å². The molecule has 0 amide bonds. The number of hydrogen-bond donors (Lipinski definition) is 3. The minimum Gasteiger partial charge on any atom is -0.394 e. The van der Waals surface area contributed by atoms with E-state index >= 15 is 0 Å². The number of hydrogen-bond acceptors (Lipinski definition) is 4. The first-order chi connectivity index (χ1) is 7.29. The number of nitrogens with one attached hydrogen (secondary N) is 1. The van der Waals surface area contributed by atoms with Gasteiger partial charge in [-0.25, -0.2) is 0 Å². The van der Waals surface area contributed by atoms with Crippen LogP contribution in [-0.4, -0.2) is 35.6 Å². The SMILES string of the molecule is OCC1(CO)COC(c2ccccc2)N1. The summed E-state index contributed by atoms with van der Waals surface area (Å²) in [5.41, 5.74) is 0.293. The molecule has 1 aromatic rings. The average Bonchev–Trinajstić information content (AvgIpc) is 2.75. The van der Waals surface area contributed by atoms with E-state index in [4.69, 9.17) is 4.74 Å². The summed E-state index contributed by atoms with van der Waals surface area (Å²) in [5.74, 6) is 0. The van der Waals surface area contributed by atoms with Crippen LogP contribution in [0.5, 0.6) is 0 Å². The predicted molar refractivity (Wildman–Crippen MR) is 55.2 cm³/mol. The molecule has 0 aliphatic carbocycles. The highest BCUT2D eigenvalue weighted by Crippen LogP contribution is 2.25. The van der Waals surface area contributed by atoms with Crippen LogP contribution in [-0.2, 0) is 4.74 Å². The van der Waals surface area contributed by atoms with Gasteiger partial charge in [0.1, 0.15) is 6.23 Å². The van der Waals surface area contributed by atoms with Gasteiger partial charge in [0.05, 0.1) is 25.4 Å². The quantitative estimate of drug-likeness (QED) is 0.657. The van der Waals surface area contributed by atoms with Gasteiger partial charge in [0.15, 0.2) is 0 Å². The third-order valence-corrected chi connectivity index (χ3v) is 2.67. The molecule has 82 valence electrons. The standard InChI is InChI=1S/C11H15NO3/c13-6-11(7-14)8-15-10(12-11)9-4-2-1-3-5-9/h1-5,10,12-14H,6-8H2. The van der Waals surface area contributed by atoms with E-state index in [9.17, 15) is 10.2 Å². The highest BCUT2D eigenvalue weighted by molar-refractivity contribution is 5.19. The number of aliphatic hydroxyl groups is 2. The van der Waals surface area contributed by atoms with Gasteiger partial charge in [-0.05, 0) is 5.56 Å². The van der Waals surface area contributed by atoms with Crippen molar-refractivity contribution in [2.24, 2.45) is 0 Å². The van der Waals surface area contributed by atoms with Gasteiger partial charge in [-0.3, -0.25) is 5.32 Å². The Morgan fingerprint density at radius 3 is 2.47 bits per heavy atom. The summed E-state index contributed by atoms with van der Waals surface area (Å²) in [6.45, 7) is 0.0548. The summed E-state index contributed by atoms with van der Waals surface area (Å²) >= 11 is 0. The van der Waals surface area contributed by atoms with Gasteiger partial charge < -0.3 is 14.9 Å². The Kier molecular flexibility index (Phi) is 3.02. The fraction of sp³-hybridized carbons (Fsp3) is 0.455. The Morgan fingerprint density at radius 1 is 1.27 bits per heavy atom. The van der Waals surface area contributed by atoms with E-state index in [0.717, 1.165) is 5.56 Å². The number of ether oxygens (including phenoxy) is 1. The maximum absolute atomic E-state index is 9.18. The minimum atomic E-state index is -0.708. The molecular formula is C11H15NO3. The van der Waals surface area contributed by atoms with Crippen molar-refractivity contribution in [2.75, 3.05) is 19.8 Å². The zero-order valence-corrected chi connectivity index (χ0v) is 8.39. The van der Waals surface area contributed by atoms with E-state index in [1.807, 2.05) is 30.3 Å². The summed E-state index contributed by atoms with van der Waals surface area (Å²) in [4.78, 5) is 0. The highest BCUT2D eigenvalue weighted by Gasteiger charge is 2.39. The largest absolute Gasteiger partial charge is 0.394 e. The third-order valence-electron chi connectivity index (χ3n) is 2.67. The third kappa shape index (κ3) is 2.03. The smallest absolute Gasteiger partial charge is 0.135 e. The van der Waals surface area contributed by atoms with Crippen LogP contribution < -0.4 is 5.32 Å². The van der Waals surface area contributed by atoms with E-state index in [2.05, 4.69) is 5.32 Å². The molecule has 0 radical (unpaired) electrons. The van der Waals surface area contributed by atoms with Crippen LogP contribution in [0.25, 0.3) is 0 Å². The molecule has 4 heteroatoms. The average molecular weight is 209 g/mol. The van der Waals surface area contributed by atoms with Crippen molar-refractivity contribution >= 4 is 0 Å². The molecule has 0 bridgehead atoms. The normalized spacial score (nSPS) is 24.3. The second kappa shape index (κ2) is 4.28. The zero-order valence-electron chi connectivity index (χ0n) is 8.39. The lowest BCUT2D eigenvalue weighted by atomic mass is 10.0. The molecule has 15 heavy (non-hydrogen) atoms. The summed E-state index contributed by atoms with van der Waals surface area (Å²) in [5, 5.41) is 21.5. The van der Waals surface area contributed by atoms with Crippen LogP contribution in [0.1, 0.15) is 11.8 Å². The molecule has 1 aliphatic heterocycles. The Labute approximate surface area is 88.5 Å². The Morgan fingerprint density at radius 2 is 1.93 bits per heavy atom. The number of rotatable bonds is 3. The second-order valence-electron chi connectivity index (χ2n) is 3.84. The van der Waals surface area contributed by atoms with E-state index in [1.54, 1.807) is 0 Å². The van der Waals surface area contributed by atoms with Gasteiger partial charge in [-0.1, -0.05) is 30.3 Å². The molecule has 0 saturated carbocycles. The van der Waals surface area contributed by atoms with Crippen LogP contribution in [0.2, 0.25) is 0 Å². The van der Waals surface area contributed by atoms with Crippen LogP contribution in [0.4, 0.5) is 0 Å². The monoisotopic (exact) mass is 209 g/mol. The predicted octanol–water partition coefficient (Wildman–Crippen LogP) is 0.0284. The molecule has 3 N–H and O–H groups in total. The van der Waals surface area contributed by atoms with Crippen molar-refractivity contribution in [2.45, 2.75) is 11.8 Å². The highest BCUT2D eigenvalue weighted by atomic mass is 16.5. The van der Waals surface area contributed by atoms with Crippen molar-refractivity contribution in [3.05, 3.63) is 35.9 Å². The Hall–Kier alpha value is -0.940. The maximum atomic E-state index is 9.18. The molecule has 1 atom stereocenters. The van der Waals surface area contributed by atoms with Crippen LogP contribution in [0.3, 0.4) is 0 Å². The van der Waals surface area contributed by atoms with Crippen LogP contribution in [0, 0.1) is 0 Å². The topological polar surface area (TPSA) is 61.7 Å². The fourth-order valence-corrected chi connectivity index (χ4v) is 1.64. The lowest BCUT2D eigenvalue weighted by molar-refractivity contribution is 0.0760. The first-order valence-electron chi connectivity index (χ1n) is 4.96. The van der Waals surface area contributed by atoms with Gasteiger partial charge in [0.25, 0.3) is 0 Å². The first-order valence-corrected chi connectivity index (χ1v) is 4.96. The molecule has 4 nitrogen and oxygen atoms in total. The van der Waals surface area contributed by atoms with Crippen molar-refractivity contribution in [3.63, 3.8) is 0 Å². The zero-order chi connectivity index (χ0) is 10.7. The summed E-state index contributed by atoms with van der Waals surface area (Å²) in [6, 6.07) is 9.69. The molecule has 1 unspecified atom stereocenters. The van der Waals surface area contributed by atoms with Crippen LogP contribution in [0.15, 0.2) is 30.3 Å². The minimum absolute atomic E-state index is 0.132. The first kappa shape index (κ1) is 10.6. The molecule has 2 rings (SSSR count). The molecule has 0 aromatic heterocycles. The van der Waals surface area contributed by atoms with Crippen molar-refractivity contribution in [1.82, 2.24) is 5.32 Å². The summed E-state index contributed by atoms with van der Waals surface area (Å²) in [7, 11) is 0. The lowest BCUT2D eigenvalue weighted by Crippen LogP contribution is -2.49. The molecule has 0 spiro atoms. The molecule has 1 fully saturated rings. The lowest BCUT2D eigenvalue weighted by Gasteiger charge is -2.23. The summed E-state index contributed by atoms with van der Waals surface area (Å²) in [6.07, 6.45) is -0.245. The Balaban J connectivity index is 2.10. The maximum Gasteiger partial charge on any atom is 0.135 e. The number of aliphatic hydroxyl groups excluding tert-OH is 2. The van der Waals surface area contributed by atoms with E-state index in [1.165, 1.54) is 0 Å². The summed E-state index contributed by atoms with van der Waals surface area (Å²) < 4.78 is 5.51.